The Balaban J connectivity index is 2.31. The maximum Gasteiger partial charge on any atom is 0.309 e. The Morgan fingerprint density at radius 3 is 2.21 bits per heavy atom. The summed E-state index contributed by atoms with van der Waals surface area (Å²) >= 11 is 0. The Kier molecular flexibility index (Phi) is 5.92. The number of aliphatic hydroxyl groups excluding tert-OH is 1. The third kappa shape index (κ3) is 4.09. The van der Waals surface area contributed by atoms with Crippen LogP contribution in [0.2, 0.25) is 23.7 Å². The van der Waals surface area contributed by atoms with Crippen LogP contribution in [-0.4, -0.2) is 25.3 Å². The molecule has 1 aromatic rings. The molecule has 2 atom stereocenters. The first-order chi connectivity index (χ1) is 11.1. The SMILES string of the molecule is CC(C)(C)[Si](C)(C)[C@@H](C(=O)OC1CCCC1)[C@H](O)c1ccccc1. The van der Waals surface area contributed by atoms with Crippen LogP contribution in [0, 0.1) is 0 Å². The quantitative estimate of drug-likeness (QED) is 0.596. The summed E-state index contributed by atoms with van der Waals surface area (Å²) in [4.78, 5) is 13.1. The van der Waals surface area contributed by atoms with E-state index in [0.29, 0.717) is 0 Å². The van der Waals surface area contributed by atoms with Crippen LogP contribution < -0.4 is 0 Å². The third-order valence-corrected chi connectivity index (χ3v) is 12.0. The molecule has 0 radical (unpaired) electrons. The summed E-state index contributed by atoms with van der Waals surface area (Å²) in [5, 5.41) is 11.0. The number of aliphatic hydroxyl groups is 1. The van der Waals surface area contributed by atoms with Crippen molar-refractivity contribution < 1.29 is 14.6 Å². The lowest BCUT2D eigenvalue weighted by atomic mass is 10.1. The van der Waals surface area contributed by atoms with Gasteiger partial charge >= 0.3 is 5.97 Å². The minimum absolute atomic E-state index is 0.0118. The maximum absolute atomic E-state index is 13.1. The van der Waals surface area contributed by atoms with E-state index in [0.717, 1.165) is 31.2 Å². The van der Waals surface area contributed by atoms with E-state index in [2.05, 4.69) is 33.9 Å². The van der Waals surface area contributed by atoms with Gasteiger partial charge in [0.1, 0.15) is 6.10 Å². The summed E-state index contributed by atoms with van der Waals surface area (Å²) in [6.45, 7) is 10.9. The van der Waals surface area contributed by atoms with Gasteiger partial charge in [-0.15, -0.1) is 0 Å². The van der Waals surface area contributed by atoms with Crippen LogP contribution in [0.1, 0.15) is 58.1 Å². The zero-order valence-corrected chi connectivity index (χ0v) is 16.7. The number of hydrogen-bond donors (Lipinski definition) is 1. The van der Waals surface area contributed by atoms with Gasteiger partial charge in [0.2, 0.25) is 0 Å². The molecule has 1 saturated carbocycles. The van der Waals surface area contributed by atoms with Gasteiger partial charge in [-0.2, -0.15) is 0 Å². The summed E-state index contributed by atoms with van der Waals surface area (Å²) in [7, 11) is -2.14. The molecule has 2 rings (SSSR count). The lowest BCUT2D eigenvalue weighted by molar-refractivity contribution is -0.151. The zero-order chi connectivity index (χ0) is 18.0. The van der Waals surface area contributed by atoms with E-state index >= 15 is 0 Å². The van der Waals surface area contributed by atoms with Gasteiger partial charge in [-0.1, -0.05) is 64.2 Å². The minimum Gasteiger partial charge on any atom is -0.462 e. The topological polar surface area (TPSA) is 46.5 Å². The van der Waals surface area contributed by atoms with Crippen LogP contribution in [-0.2, 0) is 9.53 Å². The van der Waals surface area contributed by atoms with E-state index in [9.17, 15) is 9.90 Å². The molecule has 0 amide bonds. The highest BCUT2D eigenvalue weighted by atomic mass is 28.3. The van der Waals surface area contributed by atoms with E-state index in [1.54, 1.807) is 0 Å². The summed E-state index contributed by atoms with van der Waals surface area (Å²) in [6, 6.07) is 9.53. The third-order valence-electron chi connectivity index (χ3n) is 6.01. The minimum atomic E-state index is -2.14. The Morgan fingerprint density at radius 2 is 1.71 bits per heavy atom. The van der Waals surface area contributed by atoms with Crippen LogP contribution in [0.5, 0.6) is 0 Å². The van der Waals surface area contributed by atoms with Crippen LogP contribution in [0.4, 0.5) is 0 Å². The van der Waals surface area contributed by atoms with E-state index in [-0.39, 0.29) is 17.1 Å². The fourth-order valence-electron chi connectivity index (χ4n) is 3.37. The fraction of sp³-hybridized carbons (Fsp3) is 0.650. The normalized spacial score (nSPS) is 19.1. The van der Waals surface area contributed by atoms with Crippen LogP contribution in [0.3, 0.4) is 0 Å². The van der Waals surface area contributed by atoms with Gasteiger partial charge in [-0.3, -0.25) is 4.79 Å². The standard InChI is InChI=1S/C20H32O3Si/c1-20(2,3)24(4,5)18(17(21)15-11-7-6-8-12-15)19(22)23-16-13-9-10-14-16/h6-8,11-12,16-18,21H,9-10,13-14H2,1-5H3/t17-,18-/m1/s1. The van der Waals surface area contributed by atoms with Crippen molar-refractivity contribution in [3.05, 3.63) is 35.9 Å². The number of benzene rings is 1. The first-order valence-corrected chi connectivity index (χ1v) is 12.2. The maximum atomic E-state index is 13.1. The van der Waals surface area contributed by atoms with Crippen molar-refractivity contribution >= 4 is 14.0 Å². The second kappa shape index (κ2) is 7.40. The first-order valence-electron chi connectivity index (χ1n) is 9.08. The first kappa shape index (κ1) is 19.2. The van der Waals surface area contributed by atoms with Crippen LogP contribution in [0.15, 0.2) is 30.3 Å². The van der Waals surface area contributed by atoms with Gasteiger partial charge in [0, 0.05) is 0 Å². The van der Waals surface area contributed by atoms with Crippen molar-refractivity contribution in [3.8, 4) is 0 Å². The molecule has 4 heteroatoms. The van der Waals surface area contributed by atoms with Gasteiger partial charge < -0.3 is 9.84 Å². The number of esters is 1. The lowest BCUT2D eigenvalue weighted by Gasteiger charge is -2.44. The van der Waals surface area contributed by atoms with Gasteiger partial charge in [0.05, 0.1) is 19.7 Å². The summed E-state index contributed by atoms with van der Waals surface area (Å²) in [6.07, 6.45) is 3.40. The molecule has 0 aromatic heterocycles. The Hall–Kier alpha value is -1.13. The van der Waals surface area contributed by atoms with Gasteiger partial charge in [-0.05, 0) is 36.3 Å². The van der Waals surface area contributed by atoms with Crippen LogP contribution in [0.25, 0.3) is 0 Å². The molecule has 0 unspecified atom stereocenters. The molecule has 3 nitrogen and oxygen atoms in total. The van der Waals surface area contributed by atoms with E-state index in [1.165, 1.54) is 0 Å². The molecule has 0 bridgehead atoms. The summed E-state index contributed by atoms with van der Waals surface area (Å²) < 4.78 is 5.83. The summed E-state index contributed by atoms with van der Waals surface area (Å²) in [5.41, 5.74) is 0.344. The van der Waals surface area contributed by atoms with Crippen molar-refractivity contribution in [1.29, 1.82) is 0 Å². The summed E-state index contributed by atoms with van der Waals surface area (Å²) in [5.74, 6) is -0.204. The Labute approximate surface area is 147 Å². The number of ether oxygens (including phenoxy) is 1. The van der Waals surface area contributed by atoms with Crippen molar-refractivity contribution in [1.82, 2.24) is 0 Å². The molecule has 0 heterocycles. The molecule has 1 aliphatic rings. The molecular formula is C20H32O3Si. The predicted octanol–water partition coefficient (Wildman–Crippen LogP) is 5.08. The smallest absolute Gasteiger partial charge is 0.309 e. The van der Waals surface area contributed by atoms with Gasteiger partial charge in [0.25, 0.3) is 0 Å². The highest BCUT2D eigenvalue weighted by molar-refractivity contribution is 6.84. The largest absolute Gasteiger partial charge is 0.462 e. The van der Waals surface area contributed by atoms with Crippen molar-refractivity contribution in [2.24, 2.45) is 0 Å². The molecule has 0 spiro atoms. The van der Waals surface area contributed by atoms with Crippen molar-refractivity contribution in [2.75, 3.05) is 0 Å². The second-order valence-electron chi connectivity index (χ2n) is 8.65. The zero-order valence-electron chi connectivity index (χ0n) is 15.7. The molecular weight excluding hydrogens is 316 g/mol. The second-order valence-corrected chi connectivity index (χ2v) is 14.2. The molecule has 0 aliphatic heterocycles. The highest BCUT2D eigenvalue weighted by Gasteiger charge is 2.50. The molecule has 0 saturated heterocycles. The fourth-order valence-corrected chi connectivity index (χ4v) is 5.94. The molecule has 134 valence electrons. The average molecular weight is 349 g/mol. The number of hydrogen-bond acceptors (Lipinski definition) is 3. The Morgan fingerprint density at radius 1 is 1.17 bits per heavy atom. The van der Waals surface area contributed by atoms with Crippen molar-refractivity contribution in [3.63, 3.8) is 0 Å². The highest BCUT2D eigenvalue weighted by Crippen LogP contribution is 2.49. The van der Waals surface area contributed by atoms with E-state index in [1.807, 2.05) is 30.3 Å². The van der Waals surface area contributed by atoms with Crippen LogP contribution >= 0.6 is 0 Å². The molecule has 1 aromatic carbocycles. The van der Waals surface area contributed by atoms with Gasteiger partial charge in [-0.25, -0.2) is 0 Å². The lowest BCUT2D eigenvalue weighted by Crippen LogP contribution is -2.48. The Bertz CT molecular complexity index is 542. The molecule has 1 fully saturated rings. The molecule has 1 N–H and O–H groups in total. The predicted molar refractivity (Wildman–Crippen MR) is 101 cm³/mol. The number of rotatable bonds is 5. The monoisotopic (exact) mass is 348 g/mol. The molecule has 1 aliphatic carbocycles. The van der Waals surface area contributed by atoms with E-state index in [4.69, 9.17) is 4.74 Å². The van der Waals surface area contributed by atoms with Gasteiger partial charge in [0.15, 0.2) is 0 Å². The number of carbonyl (C=O) groups excluding carboxylic acids is 1. The van der Waals surface area contributed by atoms with E-state index < -0.39 is 19.7 Å². The molecule has 24 heavy (non-hydrogen) atoms. The average Bonchev–Trinajstić information content (AvgIpc) is 2.99. The van der Waals surface area contributed by atoms with Crippen molar-refractivity contribution in [2.45, 2.75) is 82.3 Å². The number of carbonyl (C=O) groups is 1.